The predicted molar refractivity (Wildman–Crippen MR) is 104 cm³/mol. The minimum Gasteiger partial charge on any atom is -0.352 e. The van der Waals surface area contributed by atoms with Gasteiger partial charge in [0.2, 0.25) is 0 Å². The molecule has 0 bridgehead atoms. The Labute approximate surface area is 158 Å². The number of nitrogens with zero attached hydrogens (tertiary/aromatic N) is 2. The van der Waals surface area contributed by atoms with E-state index in [0.717, 1.165) is 18.4 Å². The van der Waals surface area contributed by atoms with Crippen LogP contribution in [-0.4, -0.2) is 40.9 Å². The van der Waals surface area contributed by atoms with Crippen LogP contribution in [0.15, 0.2) is 47.4 Å². The topological polar surface area (TPSA) is 71.4 Å². The Balaban J connectivity index is 1.52. The molecule has 1 aromatic heterocycles. The molecular weight excluding hydrogens is 342 g/mol. The maximum Gasteiger partial charge on any atom is 0.263 e. The Bertz CT molecular complexity index is 896. The number of piperidine rings is 1. The zero-order chi connectivity index (χ0) is 19.4. The van der Waals surface area contributed by atoms with E-state index >= 15 is 0 Å². The molecule has 1 aliphatic rings. The fourth-order valence-electron chi connectivity index (χ4n) is 3.40. The summed E-state index contributed by atoms with van der Waals surface area (Å²) in [5.41, 5.74) is 1.67. The highest BCUT2D eigenvalue weighted by Crippen LogP contribution is 2.18. The van der Waals surface area contributed by atoms with Gasteiger partial charge in [0.05, 0.1) is 0 Å². The smallest absolute Gasteiger partial charge is 0.263 e. The number of likely N-dealkylation sites (tertiary alicyclic amines) is 1. The van der Waals surface area contributed by atoms with E-state index in [9.17, 15) is 14.4 Å². The Morgan fingerprint density at radius 2 is 1.89 bits per heavy atom. The van der Waals surface area contributed by atoms with E-state index in [4.69, 9.17) is 0 Å². The van der Waals surface area contributed by atoms with Crippen LogP contribution in [0.25, 0.3) is 0 Å². The molecule has 1 fully saturated rings. The number of aryl methyl sites for hydroxylation is 2. The first-order valence-corrected chi connectivity index (χ1v) is 9.25. The lowest BCUT2D eigenvalue weighted by molar-refractivity contribution is 0.0682. The zero-order valence-electron chi connectivity index (χ0n) is 15.8. The summed E-state index contributed by atoms with van der Waals surface area (Å²) in [6, 6.07) is 10.8. The summed E-state index contributed by atoms with van der Waals surface area (Å²) < 4.78 is 1.42. The molecule has 2 aromatic rings. The van der Waals surface area contributed by atoms with Crippen LogP contribution in [-0.2, 0) is 7.05 Å². The number of amides is 2. The number of carbonyl (C=O) groups is 2. The molecule has 6 heteroatoms. The first-order valence-electron chi connectivity index (χ1n) is 9.25. The molecule has 0 spiro atoms. The van der Waals surface area contributed by atoms with Gasteiger partial charge in [-0.05, 0) is 49.9 Å². The van der Waals surface area contributed by atoms with Crippen LogP contribution in [0.4, 0.5) is 0 Å². The van der Waals surface area contributed by atoms with E-state index in [1.54, 1.807) is 30.3 Å². The van der Waals surface area contributed by atoms with Gasteiger partial charge in [-0.25, -0.2) is 0 Å². The van der Waals surface area contributed by atoms with Crippen LogP contribution in [0.5, 0.6) is 0 Å². The molecule has 2 amide bonds. The maximum absolute atomic E-state index is 12.6. The van der Waals surface area contributed by atoms with Crippen molar-refractivity contribution in [2.45, 2.75) is 19.8 Å². The highest BCUT2D eigenvalue weighted by molar-refractivity contribution is 5.94. The van der Waals surface area contributed by atoms with Crippen molar-refractivity contribution in [3.8, 4) is 0 Å². The third-order valence-corrected chi connectivity index (χ3v) is 5.09. The lowest BCUT2D eigenvalue weighted by Crippen LogP contribution is -2.43. The van der Waals surface area contributed by atoms with Crippen molar-refractivity contribution >= 4 is 11.8 Å². The van der Waals surface area contributed by atoms with Crippen molar-refractivity contribution in [2.75, 3.05) is 19.6 Å². The Morgan fingerprint density at radius 1 is 1.15 bits per heavy atom. The standard InChI is InChI=1S/C21H25N3O3/c1-15-5-3-6-17(13-15)19(25)22-14-16-8-11-24(12-9-16)21(27)18-7-4-10-23(2)20(18)26/h3-7,10,13,16H,8-9,11-12,14H2,1-2H3,(H,22,25). The SMILES string of the molecule is Cc1cccc(C(=O)NCC2CCN(C(=O)c3cccn(C)c3=O)CC2)c1. The van der Waals surface area contributed by atoms with Crippen LogP contribution in [0.2, 0.25) is 0 Å². The van der Waals surface area contributed by atoms with Crippen LogP contribution in [0, 0.1) is 12.8 Å². The lowest BCUT2D eigenvalue weighted by atomic mass is 9.96. The number of aromatic nitrogens is 1. The minimum atomic E-state index is -0.268. The van der Waals surface area contributed by atoms with Crippen molar-refractivity contribution in [3.63, 3.8) is 0 Å². The van der Waals surface area contributed by atoms with Gasteiger partial charge in [0.25, 0.3) is 17.4 Å². The van der Waals surface area contributed by atoms with E-state index in [1.165, 1.54) is 4.57 Å². The van der Waals surface area contributed by atoms with E-state index in [-0.39, 0.29) is 22.9 Å². The fraction of sp³-hybridized carbons (Fsp3) is 0.381. The number of carbonyl (C=O) groups excluding carboxylic acids is 2. The second-order valence-corrected chi connectivity index (χ2v) is 7.15. The molecule has 2 heterocycles. The summed E-state index contributed by atoms with van der Waals surface area (Å²) in [7, 11) is 1.64. The summed E-state index contributed by atoms with van der Waals surface area (Å²) in [4.78, 5) is 38.7. The van der Waals surface area contributed by atoms with Crippen molar-refractivity contribution in [1.29, 1.82) is 0 Å². The molecule has 0 atom stereocenters. The van der Waals surface area contributed by atoms with Crippen LogP contribution >= 0.6 is 0 Å². The number of nitrogens with one attached hydrogen (secondary N) is 1. The van der Waals surface area contributed by atoms with Gasteiger partial charge >= 0.3 is 0 Å². The molecule has 0 unspecified atom stereocenters. The van der Waals surface area contributed by atoms with Gasteiger partial charge in [0, 0.05) is 38.4 Å². The second-order valence-electron chi connectivity index (χ2n) is 7.15. The minimum absolute atomic E-state index is 0.0648. The van der Waals surface area contributed by atoms with Gasteiger partial charge in [-0.2, -0.15) is 0 Å². The van der Waals surface area contributed by atoms with Gasteiger partial charge in [-0.3, -0.25) is 14.4 Å². The average Bonchev–Trinajstić information content (AvgIpc) is 2.68. The van der Waals surface area contributed by atoms with Crippen LogP contribution in [0.1, 0.15) is 39.1 Å². The van der Waals surface area contributed by atoms with Gasteiger partial charge in [0.1, 0.15) is 5.56 Å². The fourth-order valence-corrected chi connectivity index (χ4v) is 3.40. The van der Waals surface area contributed by atoms with Gasteiger partial charge in [0.15, 0.2) is 0 Å². The molecule has 1 saturated heterocycles. The third kappa shape index (κ3) is 4.45. The van der Waals surface area contributed by atoms with Crippen molar-refractivity contribution < 1.29 is 9.59 Å². The normalized spacial score (nSPS) is 14.8. The molecule has 27 heavy (non-hydrogen) atoms. The largest absolute Gasteiger partial charge is 0.352 e. The highest BCUT2D eigenvalue weighted by Gasteiger charge is 2.25. The summed E-state index contributed by atoms with van der Waals surface area (Å²) >= 11 is 0. The van der Waals surface area contributed by atoms with Crippen molar-refractivity contribution in [2.24, 2.45) is 13.0 Å². The molecule has 1 aromatic carbocycles. The van der Waals surface area contributed by atoms with E-state index in [0.29, 0.717) is 31.1 Å². The van der Waals surface area contributed by atoms with Gasteiger partial charge in [-0.1, -0.05) is 17.7 Å². The van der Waals surface area contributed by atoms with E-state index < -0.39 is 0 Å². The Hall–Kier alpha value is -2.89. The molecule has 0 radical (unpaired) electrons. The maximum atomic E-state index is 12.6. The molecule has 1 N–H and O–H groups in total. The number of benzene rings is 1. The second kappa shape index (κ2) is 8.20. The summed E-state index contributed by atoms with van der Waals surface area (Å²) in [5.74, 6) is 0.0600. The molecule has 0 aliphatic carbocycles. The van der Waals surface area contributed by atoms with Crippen LogP contribution in [0.3, 0.4) is 0 Å². The average molecular weight is 367 g/mol. The van der Waals surface area contributed by atoms with Crippen LogP contribution < -0.4 is 10.9 Å². The summed E-state index contributed by atoms with van der Waals surface area (Å²) in [6.07, 6.45) is 3.27. The first-order chi connectivity index (χ1) is 13.0. The number of pyridine rings is 1. The molecular formula is C21H25N3O3. The number of rotatable bonds is 4. The van der Waals surface area contributed by atoms with Gasteiger partial charge < -0.3 is 14.8 Å². The lowest BCUT2D eigenvalue weighted by Gasteiger charge is -2.32. The highest BCUT2D eigenvalue weighted by atomic mass is 16.2. The van der Waals surface area contributed by atoms with Crippen molar-refractivity contribution in [3.05, 3.63) is 69.6 Å². The summed E-state index contributed by atoms with van der Waals surface area (Å²) in [6.45, 7) is 3.76. The Morgan fingerprint density at radius 3 is 2.59 bits per heavy atom. The molecule has 6 nitrogen and oxygen atoms in total. The summed E-state index contributed by atoms with van der Waals surface area (Å²) in [5, 5.41) is 2.99. The number of hydrogen-bond acceptors (Lipinski definition) is 3. The molecule has 3 rings (SSSR count). The quantitative estimate of drug-likeness (QED) is 0.898. The molecule has 1 aliphatic heterocycles. The third-order valence-electron chi connectivity index (χ3n) is 5.09. The van der Waals surface area contributed by atoms with Gasteiger partial charge in [-0.15, -0.1) is 0 Å². The first kappa shape index (κ1) is 18.9. The van der Waals surface area contributed by atoms with Crippen molar-refractivity contribution in [1.82, 2.24) is 14.8 Å². The zero-order valence-corrected chi connectivity index (χ0v) is 15.8. The predicted octanol–water partition coefficient (Wildman–Crippen LogP) is 1.98. The monoisotopic (exact) mass is 367 g/mol. The molecule has 0 saturated carbocycles. The van der Waals surface area contributed by atoms with E-state index in [2.05, 4.69) is 5.32 Å². The Kier molecular flexibility index (Phi) is 5.74. The number of hydrogen-bond donors (Lipinski definition) is 1. The van der Waals surface area contributed by atoms with E-state index in [1.807, 2.05) is 31.2 Å². The molecule has 142 valence electrons.